The maximum atomic E-state index is 12.5. The number of benzene rings is 2. The molecule has 0 bridgehead atoms. The molecule has 0 N–H and O–H groups in total. The van der Waals surface area contributed by atoms with Crippen LogP contribution in [0.15, 0.2) is 48.5 Å². The van der Waals surface area contributed by atoms with Gasteiger partial charge in [-0.15, -0.1) is 0 Å². The van der Waals surface area contributed by atoms with E-state index in [1.807, 2.05) is 31.2 Å². The lowest BCUT2D eigenvalue weighted by Crippen LogP contribution is -2.34. The smallest absolute Gasteiger partial charge is 0.182 e. The Kier molecular flexibility index (Phi) is 3.55. The van der Waals surface area contributed by atoms with Gasteiger partial charge in [-0.25, -0.2) is 0 Å². The highest BCUT2D eigenvalue weighted by atomic mass is 16.1. The third-order valence-corrected chi connectivity index (χ3v) is 3.99. The van der Waals surface area contributed by atoms with Crippen molar-refractivity contribution < 1.29 is 4.79 Å². The van der Waals surface area contributed by atoms with Crippen LogP contribution in [0.5, 0.6) is 0 Å². The molecule has 2 aromatic rings. The number of carbonyl (C=O) groups is 1. The molecule has 0 aromatic heterocycles. The Bertz CT molecular complexity index is 633. The van der Waals surface area contributed by atoms with Crippen molar-refractivity contribution in [3.8, 4) is 0 Å². The number of para-hydroxylation sites is 1. The molecule has 0 saturated heterocycles. The molecular weight excluding hydrogens is 246 g/mol. The highest BCUT2D eigenvalue weighted by molar-refractivity contribution is 6.00. The second-order valence-electron chi connectivity index (χ2n) is 5.39. The van der Waals surface area contributed by atoms with Gasteiger partial charge in [-0.3, -0.25) is 4.79 Å². The van der Waals surface area contributed by atoms with Gasteiger partial charge >= 0.3 is 0 Å². The van der Waals surface area contributed by atoms with Crippen LogP contribution < -0.4 is 4.90 Å². The molecule has 0 atom stereocenters. The molecule has 0 radical (unpaired) electrons. The summed E-state index contributed by atoms with van der Waals surface area (Å²) in [6.07, 6.45) is 2.24. The molecule has 20 heavy (non-hydrogen) atoms. The van der Waals surface area contributed by atoms with Crippen molar-refractivity contribution in [2.45, 2.75) is 19.8 Å². The SMILES string of the molecule is Cc1ccccc1C(=O)CN1CCCc2ccccc21. The van der Waals surface area contributed by atoms with Crippen LogP contribution in [0, 0.1) is 6.92 Å². The van der Waals surface area contributed by atoms with E-state index in [-0.39, 0.29) is 5.78 Å². The van der Waals surface area contributed by atoms with Gasteiger partial charge in [-0.2, -0.15) is 0 Å². The lowest BCUT2D eigenvalue weighted by molar-refractivity contribution is 0.0998. The van der Waals surface area contributed by atoms with Gasteiger partial charge in [-0.1, -0.05) is 42.5 Å². The zero-order valence-corrected chi connectivity index (χ0v) is 11.8. The zero-order chi connectivity index (χ0) is 13.9. The summed E-state index contributed by atoms with van der Waals surface area (Å²) in [5, 5.41) is 0. The van der Waals surface area contributed by atoms with E-state index in [9.17, 15) is 4.79 Å². The lowest BCUT2D eigenvalue weighted by Gasteiger charge is -2.30. The minimum atomic E-state index is 0.208. The fourth-order valence-corrected chi connectivity index (χ4v) is 2.92. The number of hydrogen-bond acceptors (Lipinski definition) is 2. The molecule has 1 heterocycles. The first kappa shape index (κ1) is 12.9. The molecule has 0 amide bonds. The molecule has 1 aliphatic rings. The fourth-order valence-electron chi connectivity index (χ4n) is 2.92. The number of fused-ring (bicyclic) bond motifs is 1. The minimum absolute atomic E-state index is 0.208. The second kappa shape index (κ2) is 5.49. The monoisotopic (exact) mass is 265 g/mol. The van der Waals surface area contributed by atoms with E-state index in [1.54, 1.807) is 0 Å². The quantitative estimate of drug-likeness (QED) is 0.790. The van der Waals surface area contributed by atoms with Crippen LogP contribution in [-0.4, -0.2) is 18.9 Å². The predicted molar refractivity (Wildman–Crippen MR) is 82.5 cm³/mol. The van der Waals surface area contributed by atoms with E-state index >= 15 is 0 Å². The largest absolute Gasteiger partial charge is 0.364 e. The standard InChI is InChI=1S/C18H19NO/c1-14-7-2-4-10-16(14)18(20)13-19-12-6-9-15-8-3-5-11-17(15)19/h2-5,7-8,10-11H,6,9,12-13H2,1H3. The van der Waals surface area contributed by atoms with E-state index in [0.717, 1.165) is 30.5 Å². The van der Waals surface area contributed by atoms with Gasteiger partial charge in [0.25, 0.3) is 0 Å². The van der Waals surface area contributed by atoms with Crippen molar-refractivity contribution in [2.24, 2.45) is 0 Å². The van der Waals surface area contributed by atoms with Gasteiger partial charge < -0.3 is 4.90 Å². The topological polar surface area (TPSA) is 20.3 Å². The van der Waals surface area contributed by atoms with Gasteiger partial charge in [-0.05, 0) is 37.0 Å². The molecule has 0 saturated carbocycles. The summed E-state index contributed by atoms with van der Waals surface area (Å²) in [7, 11) is 0. The average Bonchev–Trinajstić information content (AvgIpc) is 2.48. The summed E-state index contributed by atoms with van der Waals surface area (Å²) in [6, 6.07) is 16.2. The van der Waals surface area contributed by atoms with E-state index in [0.29, 0.717) is 6.54 Å². The van der Waals surface area contributed by atoms with E-state index in [1.165, 1.54) is 11.3 Å². The first-order chi connectivity index (χ1) is 9.75. The molecule has 2 heteroatoms. The van der Waals surface area contributed by atoms with Crippen LogP contribution in [0.2, 0.25) is 0 Å². The zero-order valence-electron chi connectivity index (χ0n) is 11.8. The Morgan fingerprint density at radius 2 is 1.85 bits per heavy atom. The van der Waals surface area contributed by atoms with Crippen molar-refractivity contribution in [3.05, 3.63) is 65.2 Å². The van der Waals surface area contributed by atoms with Gasteiger partial charge in [0.2, 0.25) is 0 Å². The van der Waals surface area contributed by atoms with Gasteiger partial charge in [0.15, 0.2) is 5.78 Å². The Morgan fingerprint density at radius 3 is 2.70 bits per heavy atom. The van der Waals surface area contributed by atoms with Crippen molar-refractivity contribution >= 4 is 11.5 Å². The molecule has 102 valence electrons. The first-order valence-corrected chi connectivity index (χ1v) is 7.17. The maximum absolute atomic E-state index is 12.5. The molecule has 0 aliphatic carbocycles. The van der Waals surface area contributed by atoms with Crippen molar-refractivity contribution in [3.63, 3.8) is 0 Å². The minimum Gasteiger partial charge on any atom is -0.364 e. The van der Waals surface area contributed by atoms with Crippen LogP contribution in [0.25, 0.3) is 0 Å². The Labute approximate surface area is 120 Å². The Morgan fingerprint density at radius 1 is 1.10 bits per heavy atom. The average molecular weight is 265 g/mol. The predicted octanol–water partition coefficient (Wildman–Crippen LogP) is 3.63. The summed E-state index contributed by atoms with van der Waals surface area (Å²) in [4.78, 5) is 14.7. The first-order valence-electron chi connectivity index (χ1n) is 7.17. The van der Waals surface area contributed by atoms with Crippen molar-refractivity contribution in [2.75, 3.05) is 18.0 Å². The van der Waals surface area contributed by atoms with E-state index in [4.69, 9.17) is 0 Å². The number of ketones is 1. The van der Waals surface area contributed by atoms with Crippen LogP contribution in [0.4, 0.5) is 5.69 Å². The van der Waals surface area contributed by atoms with Crippen molar-refractivity contribution in [1.82, 2.24) is 0 Å². The molecule has 0 fully saturated rings. The molecule has 1 aliphatic heterocycles. The Hall–Kier alpha value is -2.09. The van der Waals surface area contributed by atoms with Gasteiger partial charge in [0, 0.05) is 17.8 Å². The molecule has 3 rings (SSSR count). The molecule has 0 spiro atoms. The van der Waals surface area contributed by atoms with Crippen LogP contribution in [0.3, 0.4) is 0 Å². The highest BCUT2D eigenvalue weighted by Crippen LogP contribution is 2.26. The summed E-state index contributed by atoms with van der Waals surface area (Å²) in [6.45, 7) is 3.44. The number of rotatable bonds is 3. The number of aryl methyl sites for hydroxylation is 2. The van der Waals surface area contributed by atoms with Crippen LogP contribution in [0.1, 0.15) is 27.9 Å². The van der Waals surface area contributed by atoms with Crippen LogP contribution >= 0.6 is 0 Å². The number of nitrogens with zero attached hydrogens (tertiary/aromatic N) is 1. The maximum Gasteiger partial charge on any atom is 0.182 e. The fraction of sp³-hybridized carbons (Fsp3) is 0.278. The molecule has 2 aromatic carbocycles. The summed E-state index contributed by atoms with van der Waals surface area (Å²) in [5.74, 6) is 0.208. The molecule has 0 unspecified atom stereocenters. The van der Waals surface area contributed by atoms with E-state index in [2.05, 4.69) is 29.2 Å². The lowest BCUT2D eigenvalue weighted by atomic mass is 10.00. The van der Waals surface area contributed by atoms with E-state index < -0.39 is 0 Å². The third kappa shape index (κ3) is 2.46. The number of Topliss-reactive ketones (excluding diaryl/α,β-unsaturated/α-hetero) is 1. The normalized spacial score (nSPS) is 13.9. The molecule has 2 nitrogen and oxygen atoms in total. The highest BCUT2D eigenvalue weighted by Gasteiger charge is 2.19. The van der Waals surface area contributed by atoms with Gasteiger partial charge in [0.1, 0.15) is 0 Å². The third-order valence-electron chi connectivity index (χ3n) is 3.99. The number of anilines is 1. The summed E-state index contributed by atoms with van der Waals surface area (Å²) < 4.78 is 0. The second-order valence-corrected chi connectivity index (χ2v) is 5.39. The summed E-state index contributed by atoms with van der Waals surface area (Å²) in [5.41, 5.74) is 4.48. The number of carbonyl (C=O) groups excluding carboxylic acids is 1. The summed E-state index contributed by atoms with van der Waals surface area (Å²) >= 11 is 0. The van der Waals surface area contributed by atoms with Crippen LogP contribution in [-0.2, 0) is 6.42 Å². The van der Waals surface area contributed by atoms with Crippen molar-refractivity contribution in [1.29, 1.82) is 0 Å². The number of hydrogen-bond donors (Lipinski definition) is 0. The van der Waals surface area contributed by atoms with Gasteiger partial charge in [0.05, 0.1) is 6.54 Å². The molecular formula is C18H19NO. The Balaban J connectivity index is 1.83.